The van der Waals surface area contributed by atoms with Gasteiger partial charge < -0.3 is 4.74 Å². The lowest BCUT2D eigenvalue weighted by Gasteiger charge is -2.19. The molecule has 0 bridgehead atoms. The van der Waals surface area contributed by atoms with Gasteiger partial charge in [-0.2, -0.15) is 5.10 Å². The van der Waals surface area contributed by atoms with Gasteiger partial charge in [0.1, 0.15) is 12.4 Å². The second kappa shape index (κ2) is 8.37. The first-order valence-electron chi connectivity index (χ1n) is 7.98. The topological polar surface area (TPSA) is 24.8 Å². The number of hydrazone groups is 1. The summed E-state index contributed by atoms with van der Waals surface area (Å²) >= 11 is 0. The molecule has 3 aromatic carbocycles. The van der Waals surface area contributed by atoms with E-state index in [9.17, 15) is 0 Å². The van der Waals surface area contributed by atoms with Crippen LogP contribution < -0.4 is 9.75 Å². The van der Waals surface area contributed by atoms with Crippen LogP contribution >= 0.6 is 0 Å². The van der Waals surface area contributed by atoms with Crippen LogP contribution in [0.15, 0.2) is 90.0 Å². The van der Waals surface area contributed by atoms with Crippen molar-refractivity contribution in [3.8, 4) is 18.1 Å². The van der Waals surface area contributed by atoms with Gasteiger partial charge >= 0.3 is 0 Å². The van der Waals surface area contributed by atoms with Crippen molar-refractivity contribution in [1.82, 2.24) is 0 Å². The van der Waals surface area contributed by atoms with Gasteiger partial charge in [0.2, 0.25) is 0 Å². The summed E-state index contributed by atoms with van der Waals surface area (Å²) in [5.41, 5.74) is 2.83. The lowest BCUT2D eigenvalue weighted by Crippen LogP contribution is -2.09. The Morgan fingerprint density at radius 1 is 0.840 bits per heavy atom. The summed E-state index contributed by atoms with van der Waals surface area (Å²) in [5, 5.41) is 6.57. The molecule has 0 atom stereocenters. The van der Waals surface area contributed by atoms with E-state index < -0.39 is 0 Å². The van der Waals surface area contributed by atoms with Crippen molar-refractivity contribution >= 4 is 17.6 Å². The molecule has 0 saturated heterocycles. The van der Waals surface area contributed by atoms with Crippen LogP contribution in [0, 0.1) is 12.3 Å². The number of rotatable bonds is 6. The van der Waals surface area contributed by atoms with E-state index in [0.717, 1.165) is 16.9 Å². The number of benzene rings is 3. The third kappa shape index (κ3) is 4.27. The molecule has 0 unspecified atom stereocenters. The maximum absolute atomic E-state index is 5.58. The number of terminal acetylenes is 1. The Labute approximate surface area is 148 Å². The Morgan fingerprint density at radius 3 is 2.00 bits per heavy atom. The largest absolute Gasteiger partial charge is 0.480 e. The van der Waals surface area contributed by atoms with E-state index in [-0.39, 0.29) is 6.61 Å². The summed E-state index contributed by atoms with van der Waals surface area (Å²) in [5.74, 6) is 3.20. The summed E-state index contributed by atoms with van der Waals surface area (Å²) in [6, 6.07) is 27.7. The Kier molecular flexibility index (Phi) is 5.48. The van der Waals surface area contributed by atoms with Crippen LogP contribution in [0.3, 0.4) is 0 Å². The van der Waals surface area contributed by atoms with Gasteiger partial charge in [-0.15, -0.1) is 6.42 Å². The number of anilines is 2. The Hall–Kier alpha value is -3.51. The van der Waals surface area contributed by atoms with E-state index in [2.05, 4.69) is 11.0 Å². The molecule has 0 amide bonds. The van der Waals surface area contributed by atoms with E-state index in [0.29, 0.717) is 5.75 Å². The molecule has 0 aliphatic carbocycles. The van der Waals surface area contributed by atoms with Crippen molar-refractivity contribution in [3.63, 3.8) is 0 Å². The summed E-state index contributed by atoms with van der Waals surface area (Å²) in [6.45, 7) is 0.228. The van der Waals surface area contributed by atoms with Gasteiger partial charge in [0, 0.05) is 5.56 Å². The summed E-state index contributed by atoms with van der Waals surface area (Å²) in [4.78, 5) is 0. The van der Waals surface area contributed by atoms with E-state index in [4.69, 9.17) is 11.2 Å². The molecule has 3 rings (SSSR count). The highest BCUT2D eigenvalue weighted by Gasteiger charge is 2.07. The van der Waals surface area contributed by atoms with Crippen LogP contribution in [-0.2, 0) is 0 Å². The molecule has 25 heavy (non-hydrogen) atoms. The van der Waals surface area contributed by atoms with E-state index in [1.165, 1.54) is 0 Å². The minimum Gasteiger partial charge on any atom is -0.480 e. The third-order valence-electron chi connectivity index (χ3n) is 3.54. The molecule has 0 fully saturated rings. The minimum absolute atomic E-state index is 0.228. The fourth-order valence-corrected chi connectivity index (χ4v) is 2.38. The van der Waals surface area contributed by atoms with Crippen LogP contribution in [0.4, 0.5) is 11.4 Å². The lowest BCUT2D eigenvalue weighted by atomic mass is 10.2. The SMILES string of the molecule is C#CCOc1ccccc1/C=N/N(c1ccccc1)c1ccccc1. The zero-order valence-corrected chi connectivity index (χ0v) is 13.7. The Balaban J connectivity index is 1.94. The maximum atomic E-state index is 5.58. The first-order chi connectivity index (χ1) is 12.4. The van der Waals surface area contributed by atoms with Crippen molar-refractivity contribution < 1.29 is 4.74 Å². The highest BCUT2D eigenvalue weighted by molar-refractivity contribution is 5.85. The third-order valence-corrected chi connectivity index (χ3v) is 3.54. The number of nitrogens with zero attached hydrogens (tertiary/aromatic N) is 2. The summed E-state index contributed by atoms with van der Waals surface area (Å²) < 4.78 is 5.58. The minimum atomic E-state index is 0.228. The van der Waals surface area contributed by atoms with Crippen LogP contribution in [0.2, 0.25) is 0 Å². The van der Waals surface area contributed by atoms with Crippen molar-refractivity contribution in [2.24, 2.45) is 5.10 Å². The predicted octanol–water partition coefficient (Wildman–Crippen LogP) is 4.87. The smallest absolute Gasteiger partial charge is 0.148 e. The second-order valence-electron chi connectivity index (χ2n) is 5.26. The molecule has 0 N–H and O–H groups in total. The van der Waals surface area contributed by atoms with Crippen molar-refractivity contribution in [3.05, 3.63) is 90.5 Å². The van der Waals surface area contributed by atoms with E-state index in [1.54, 1.807) is 6.21 Å². The number of ether oxygens (including phenoxy) is 1. The summed E-state index contributed by atoms with van der Waals surface area (Å²) in [6.07, 6.45) is 7.07. The number of para-hydroxylation sites is 3. The van der Waals surface area contributed by atoms with Crippen LogP contribution in [0.1, 0.15) is 5.56 Å². The standard InChI is InChI=1S/C22H18N2O/c1-2-17-25-22-16-10-9-11-19(22)18-23-24(20-12-5-3-6-13-20)21-14-7-4-8-15-21/h1,3-16,18H,17H2/b23-18+. The fraction of sp³-hybridized carbons (Fsp3) is 0.0455. The van der Waals surface area contributed by atoms with Gasteiger partial charge in [-0.1, -0.05) is 54.5 Å². The Morgan fingerprint density at radius 2 is 1.40 bits per heavy atom. The molecule has 3 heteroatoms. The molecule has 0 radical (unpaired) electrons. The van der Waals surface area contributed by atoms with Crippen LogP contribution in [-0.4, -0.2) is 12.8 Å². The molecule has 122 valence electrons. The highest BCUT2D eigenvalue weighted by Crippen LogP contribution is 2.25. The fourth-order valence-electron chi connectivity index (χ4n) is 2.38. The van der Waals surface area contributed by atoms with Crippen LogP contribution in [0.25, 0.3) is 0 Å². The van der Waals surface area contributed by atoms with Gasteiger partial charge in [-0.05, 0) is 36.4 Å². The molecule has 0 saturated carbocycles. The first-order valence-corrected chi connectivity index (χ1v) is 7.98. The predicted molar refractivity (Wildman–Crippen MR) is 103 cm³/mol. The molecule has 3 nitrogen and oxygen atoms in total. The van der Waals surface area contributed by atoms with Crippen LogP contribution in [0.5, 0.6) is 5.75 Å². The maximum Gasteiger partial charge on any atom is 0.148 e. The van der Waals surface area contributed by atoms with Gasteiger partial charge in [0.15, 0.2) is 0 Å². The van der Waals surface area contributed by atoms with E-state index >= 15 is 0 Å². The van der Waals surface area contributed by atoms with Crippen molar-refractivity contribution in [2.45, 2.75) is 0 Å². The van der Waals surface area contributed by atoms with Crippen molar-refractivity contribution in [1.29, 1.82) is 0 Å². The summed E-state index contributed by atoms with van der Waals surface area (Å²) in [7, 11) is 0. The monoisotopic (exact) mass is 326 g/mol. The second-order valence-corrected chi connectivity index (χ2v) is 5.26. The normalized spacial score (nSPS) is 10.4. The number of hydrogen-bond donors (Lipinski definition) is 0. The quantitative estimate of drug-likeness (QED) is 0.367. The van der Waals surface area contributed by atoms with Gasteiger partial charge in [0.25, 0.3) is 0 Å². The molecule has 0 aromatic heterocycles. The van der Waals surface area contributed by atoms with Gasteiger partial charge in [0.05, 0.1) is 17.6 Å². The molecular formula is C22H18N2O. The number of hydrogen-bond acceptors (Lipinski definition) is 3. The lowest BCUT2D eigenvalue weighted by molar-refractivity contribution is 0.370. The zero-order chi connectivity index (χ0) is 17.3. The average molecular weight is 326 g/mol. The molecule has 0 aliphatic heterocycles. The molecule has 3 aromatic rings. The highest BCUT2D eigenvalue weighted by atomic mass is 16.5. The van der Waals surface area contributed by atoms with E-state index in [1.807, 2.05) is 89.9 Å². The van der Waals surface area contributed by atoms with Gasteiger partial charge in [-0.3, -0.25) is 0 Å². The molecular weight excluding hydrogens is 308 g/mol. The molecule has 0 spiro atoms. The average Bonchev–Trinajstić information content (AvgIpc) is 2.69. The molecule has 0 heterocycles. The Bertz CT molecular complexity index is 828. The van der Waals surface area contributed by atoms with Crippen molar-refractivity contribution in [2.75, 3.05) is 11.6 Å². The first kappa shape index (κ1) is 16.4. The zero-order valence-electron chi connectivity index (χ0n) is 13.7. The van der Waals surface area contributed by atoms with Gasteiger partial charge in [-0.25, -0.2) is 5.01 Å². The molecule has 0 aliphatic rings.